The lowest BCUT2D eigenvalue weighted by molar-refractivity contribution is 0.107. The van der Waals surface area contributed by atoms with Crippen molar-refractivity contribution in [3.63, 3.8) is 0 Å². The van der Waals surface area contributed by atoms with Gasteiger partial charge in [-0.05, 0) is 32.2 Å². The van der Waals surface area contributed by atoms with Gasteiger partial charge < -0.3 is 15.4 Å². The van der Waals surface area contributed by atoms with E-state index >= 15 is 0 Å². The molecule has 0 aromatic heterocycles. The van der Waals surface area contributed by atoms with Gasteiger partial charge in [0.15, 0.2) is 0 Å². The molecule has 2 N–H and O–H groups in total. The Morgan fingerprint density at radius 1 is 1.47 bits per heavy atom. The Labute approximate surface area is 94.0 Å². The molecule has 2 unspecified atom stereocenters. The van der Waals surface area contributed by atoms with Crippen LogP contribution in [0, 0.1) is 5.92 Å². The molecular formula is C12H26N2O. The van der Waals surface area contributed by atoms with Crippen LogP contribution in [0.3, 0.4) is 0 Å². The molecule has 0 saturated carbocycles. The summed E-state index contributed by atoms with van der Waals surface area (Å²) in [5, 5.41) is 0. The molecule has 0 spiro atoms. The van der Waals surface area contributed by atoms with E-state index in [0.717, 1.165) is 26.3 Å². The first-order chi connectivity index (χ1) is 7.24. The highest BCUT2D eigenvalue weighted by atomic mass is 16.5. The first-order valence-electron chi connectivity index (χ1n) is 6.29. The van der Waals surface area contributed by atoms with Crippen molar-refractivity contribution in [1.29, 1.82) is 0 Å². The monoisotopic (exact) mass is 214 g/mol. The maximum absolute atomic E-state index is 5.90. The van der Waals surface area contributed by atoms with Gasteiger partial charge in [0.1, 0.15) is 0 Å². The molecule has 1 aliphatic rings. The van der Waals surface area contributed by atoms with E-state index < -0.39 is 0 Å². The Hall–Kier alpha value is -0.120. The number of unbranched alkanes of at least 4 members (excludes halogenated alkanes) is 1. The smallest absolute Gasteiger partial charge is 0.0593 e. The van der Waals surface area contributed by atoms with Crippen LogP contribution in [-0.2, 0) is 4.74 Å². The maximum Gasteiger partial charge on any atom is 0.0593 e. The summed E-state index contributed by atoms with van der Waals surface area (Å²) >= 11 is 0. The third kappa shape index (κ3) is 4.96. The minimum atomic E-state index is 0.344. The quantitative estimate of drug-likeness (QED) is 0.652. The minimum absolute atomic E-state index is 0.344. The first kappa shape index (κ1) is 12.9. The number of hydrogen-bond acceptors (Lipinski definition) is 3. The van der Waals surface area contributed by atoms with Crippen LogP contribution in [0.1, 0.15) is 33.1 Å². The largest absolute Gasteiger partial charge is 0.380 e. The van der Waals surface area contributed by atoms with Crippen molar-refractivity contribution < 1.29 is 4.74 Å². The van der Waals surface area contributed by atoms with Crippen LogP contribution >= 0.6 is 0 Å². The van der Waals surface area contributed by atoms with E-state index in [1.165, 1.54) is 25.8 Å². The molecule has 1 saturated heterocycles. The molecule has 0 aromatic carbocycles. The van der Waals surface area contributed by atoms with Gasteiger partial charge in [-0.3, -0.25) is 0 Å². The highest BCUT2D eigenvalue weighted by molar-refractivity contribution is 4.80. The van der Waals surface area contributed by atoms with Crippen molar-refractivity contribution in [2.75, 3.05) is 32.8 Å². The summed E-state index contributed by atoms with van der Waals surface area (Å²) in [5.74, 6) is 0.695. The van der Waals surface area contributed by atoms with Crippen molar-refractivity contribution in [1.82, 2.24) is 4.90 Å². The fraction of sp³-hybridized carbons (Fsp3) is 1.00. The highest BCUT2D eigenvalue weighted by Gasteiger charge is 2.24. The second-order valence-corrected chi connectivity index (χ2v) is 4.67. The van der Waals surface area contributed by atoms with Gasteiger partial charge >= 0.3 is 0 Å². The number of likely N-dealkylation sites (tertiary alicyclic amines) is 1. The third-order valence-electron chi connectivity index (χ3n) is 3.25. The second-order valence-electron chi connectivity index (χ2n) is 4.67. The molecule has 1 fully saturated rings. The van der Waals surface area contributed by atoms with Gasteiger partial charge in [-0.1, -0.05) is 13.3 Å². The Balaban J connectivity index is 1.99. The van der Waals surface area contributed by atoms with Gasteiger partial charge in [-0.25, -0.2) is 0 Å². The summed E-state index contributed by atoms with van der Waals surface area (Å²) in [6.07, 6.45) is 3.66. The van der Waals surface area contributed by atoms with Crippen molar-refractivity contribution in [2.24, 2.45) is 11.7 Å². The van der Waals surface area contributed by atoms with Crippen LogP contribution in [-0.4, -0.2) is 43.8 Å². The lowest BCUT2D eigenvalue weighted by Gasteiger charge is -2.17. The SMILES string of the molecule is CCCCOCCN1CCC(C(C)N)C1. The molecule has 0 bridgehead atoms. The van der Waals surface area contributed by atoms with Gasteiger partial charge in [-0.2, -0.15) is 0 Å². The van der Waals surface area contributed by atoms with Crippen molar-refractivity contribution in [2.45, 2.75) is 39.2 Å². The predicted octanol–water partition coefficient (Wildman–Crippen LogP) is 1.47. The molecule has 3 heteroatoms. The number of rotatable bonds is 7. The topological polar surface area (TPSA) is 38.5 Å². The second kappa shape index (κ2) is 7.20. The molecule has 0 amide bonds. The fourth-order valence-electron chi connectivity index (χ4n) is 2.04. The molecular weight excluding hydrogens is 188 g/mol. The van der Waals surface area contributed by atoms with Crippen LogP contribution in [0.25, 0.3) is 0 Å². The molecule has 90 valence electrons. The minimum Gasteiger partial charge on any atom is -0.380 e. The van der Waals surface area contributed by atoms with E-state index in [1.54, 1.807) is 0 Å². The lowest BCUT2D eigenvalue weighted by Crippen LogP contribution is -2.31. The Morgan fingerprint density at radius 2 is 2.27 bits per heavy atom. The molecule has 1 heterocycles. The average Bonchev–Trinajstić information content (AvgIpc) is 2.66. The zero-order valence-corrected chi connectivity index (χ0v) is 10.2. The van der Waals surface area contributed by atoms with Gasteiger partial charge in [0.2, 0.25) is 0 Å². The molecule has 15 heavy (non-hydrogen) atoms. The maximum atomic E-state index is 5.90. The Morgan fingerprint density at radius 3 is 2.87 bits per heavy atom. The molecule has 0 radical (unpaired) electrons. The van der Waals surface area contributed by atoms with E-state index in [4.69, 9.17) is 10.5 Å². The van der Waals surface area contributed by atoms with Gasteiger partial charge in [0, 0.05) is 25.7 Å². The fourth-order valence-corrected chi connectivity index (χ4v) is 2.04. The molecule has 1 aliphatic heterocycles. The standard InChI is InChI=1S/C12H26N2O/c1-3-4-8-15-9-7-14-6-5-12(10-14)11(2)13/h11-12H,3-10,13H2,1-2H3. The van der Waals surface area contributed by atoms with Crippen LogP contribution in [0.4, 0.5) is 0 Å². The van der Waals surface area contributed by atoms with Crippen LogP contribution < -0.4 is 5.73 Å². The lowest BCUT2D eigenvalue weighted by atomic mass is 10.0. The Kier molecular flexibility index (Phi) is 6.22. The summed E-state index contributed by atoms with van der Waals surface area (Å²) in [5.41, 5.74) is 5.90. The molecule has 2 atom stereocenters. The number of hydrogen-bond donors (Lipinski definition) is 1. The predicted molar refractivity (Wildman–Crippen MR) is 63.9 cm³/mol. The summed E-state index contributed by atoms with van der Waals surface area (Å²) in [6, 6.07) is 0.344. The van der Waals surface area contributed by atoms with E-state index in [0.29, 0.717) is 12.0 Å². The van der Waals surface area contributed by atoms with E-state index in [2.05, 4.69) is 18.7 Å². The first-order valence-corrected chi connectivity index (χ1v) is 6.29. The molecule has 3 nitrogen and oxygen atoms in total. The zero-order chi connectivity index (χ0) is 11.1. The van der Waals surface area contributed by atoms with E-state index in [-0.39, 0.29) is 0 Å². The molecule has 0 aliphatic carbocycles. The number of ether oxygens (including phenoxy) is 1. The summed E-state index contributed by atoms with van der Waals surface area (Å²) in [4.78, 5) is 2.47. The third-order valence-corrected chi connectivity index (χ3v) is 3.25. The van der Waals surface area contributed by atoms with Gasteiger partial charge in [-0.15, -0.1) is 0 Å². The van der Waals surface area contributed by atoms with Crippen LogP contribution in [0.15, 0.2) is 0 Å². The van der Waals surface area contributed by atoms with Crippen molar-refractivity contribution in [3.05, 3.63) is 0 Å². The van der Waals surface area contributed by atoms with Gasteiger partial charge in [0.05, 0.1) is 6.61 Å². The molecule has 0 aromatic rings. The van der Waals surface area contributed by atoms with E-state index in [9.17, 15) is 0 Å². The van der Waals surface area contributed by atoms with E-state index in [1.807, 2.05) is 0 Å². The number of nitrogens with zero attached hydrogens (tertiary/aromatic N) is 1. The normalized spacial score (nSPS) is 24.6. The zero-order valence-electron chi connectivity index (χ0n) is 10.2. The van der Waals surface area contributed by atoms with Crippen molar-refractivity contribution >= 4 is 0 Å². The van der Waals surface area contributed by atoms with Crippen molar-refractivity contribution in [3.8, 4) is 0 Å². The number of nitrogens with two attached hydrogens (primary N) is 1. The van der Waals surface area contributed by atoms with Gasteiger partial charge in [0.25, 0.3) is 0 Å². The Bertz CT molecular complexity index is 162. The summed E-state index contributed by atoms with van der Waals surface area (Å²) in [7, 11) is 0. The average molecular weight is 214 g/mol. The summed E-state index contributed by atoms with van der Waals surface area (Å²) < 4.78 is 5.56. The van der Waals surface area contributed by atoms with Crippen LogP contribution in [0.2, 0.25) is 0 Å². The summed E-state index contributed by atoms with van der Waals surface area (Å²) in [6.45, 7) is 9.54. The van der Waals surface area contributed by atoms with Crippen LogP contribution in [0.5, 0.6) is 0 Å². The highest BCUT2D eigenvalue weighted by Crippen LogP contribution is 2.17. The molecule has 1 rings (SSSR count).